The van der Waals surface area contributed by atoms with Crippen LogP contribution >= 0.6 is 23.2 Å². The van der Waals surface area contributed by atoms with Crippen LogP contribution in [0.4, 0.5) is 5.69 Å². The van der Waals surface area contributed by atoms with E-state index in [4.69, 9.17) is 37.9 Å². The van der Waals surface area contributed by atoms with Crippen molar-refractivity contribution < 1.29 is 14.3 Å². The highest BCUT2D eigenvalue weighted by molar-refractivity contribution is 6.35. The Bertz CT molecular complexity index is 1590. The number of anilines is 1. The SMILES string of the molecule is O=C(COC(=O)c1ccc2nc(-c3ccccc3)c(-c3ccccc3)nc2c1)Nc1cc(Cl)cc(Cl)c1. The quantitative estimate of drug-likeness (QED) is 0.239. The van der Waals surface area contributed by atoms with Gasteiger partial charge in [-0.15, -0.1) is 0 Å². The van der Waals surface area contributed by atoms with Gasteiger partial charge in [-0.25, -0.2) is 14.8 Å². The predicted molar refractivity (Wildman–Crippen MR) is 146 cm³/mol. The number of hydrogen-bond donors (Lipinski definition) is 1. The zero-order valence-corrected chi connectivity index (χ0v) is 20.8. The van der Waals surface area contributed by atoms with Gasteiger partial charge in [0.15, 0.2) is 6.61 Å². The first-order chi connectivity index (χ1) is 18.0. The number of esters is 1. The number of ether oxygens (including phenoxy) is 1. The van der Waals surface area contributed by atoms with E-state index >= 15 is 0 Å². The molecule has 0 atom stereocenters. The highest BCUT2D eigenvalue weighted by atomic mass is 35.5. The Labute approximate surface area is 222 Å². The monoisotopic (exact) mass is 527 g/mol. The Morgan fingerprint density at radius 2 is 1.27 bits per heavy atom. The molecule has 0 spiro atoms. The number of hydrogen-bond acceptors (Lipinski definition) is 5. The van der Waals surface area contributed by atoms with Gasteiger partial charge in [0.25, 0.3) is 5.91 Å². The Balaban J connectivity index is 1.39. The van der Waals surface area contributed by atoms with E-state index in [2.05, 4.69) is 5.32 Å². The number of carbonyl (C=O) groups is 2. The van der Waals surface area contributed by atoms with Crippen molar-refractivity contribution in [3.63, 3.8) is 0 Å². The molecule has 5 aromatic rings. The summed E-state index contributed by atoms with van der Waals surface area (Å²) in [6.45, 7) is -0.477. The lowest BCUT2D eigenvalue weighted by molar-refractivity contribution is -0.119. The number of halogens is 2. The second kappa shape index (κ2) is 10.8. The van der Waals surface area contributed by atoms with Gasteiger partial charge in [0.2, 0.25) is 0 Å². The largest absolute Gasteiger partial charge is 0.452 e. The molecule has 1 N–H and O–H groups in total. The van der Waals surface area contributed by atoms with Crippen molar-refractivity contribution in [3.05, 3.63) is 113 Å². The summed E-state index contributed by atoms with van der Waals surface area (Å²) in [6.07, 6.45) is 0. The Morgan fingerprint density at radius 1 is 0.703 bits per heavy atom. The third-order valence-corrected chi connectivity index (χ3v) is 5.91. The van der Waals surface area contributed by atoms with Gasteiger partial charge < -0.3 is 10.1 Å². The van der Waals surface area contributed by atoms with Gasteiger partial charge in [-0.05, 0) is 36.4 Å². The van der Waals surface area contributed by atoms with E-state index in [0.717, 1.165) is 16.8 Å². The molecule has 5 rings (SSSR count). The zero-order valence-electron chi connectivity index (χ0n) is 19.3. The van der Waals surface area contributed by atoms with Crippen molar-refractivity contribution in [2.45, 2.75) is 0 Å². The maximum absolute atomic E-state index is 12.7. The fourth-order valence-electron chi connectivity index (χ4n) is 3.81. The van der Waals surface area contributed by atoms with E-state index in [0.29, 0.717) is 32.5 Å². The number of nitrogens with zero attached hydrogens (tertiary/aromatic N) is 2. The molecule has 0 aliphatic heterocycles. The number of nitrogens with one attached hydrogen (secondary N) is 1. The molecular formula is C29H19Cl2N3O3. The predicted octanol–water partition coefficient (Wildman–Crippen LogP) is 7.07. The van der Waals surface area contributed by atoms with Crippen molar-refractivity contribution in [2.75, 3.05) is 11.9 Å². The number of benzene rings is 4. The molecule has 0 bridgehead atoms. The number of carbonyl (C=O) groups excluding carboxylic acids is 2. The maximum atomic E-state index is 12.7. The lowest BCUT2D eigenvalue weighted by Gasteiger charge is -2.11. The molecule has 0 fully saturated rings. The minimum atomic E-state index is -0.656. The van der Waals surface area contributed by atoms with Crippen LogP contribution in [0.25, 0.3) is 33.5 Å². The molecule has 0 aliphatic carbocycles. The van der Waals surface area contributed by atoms with E-state index in [-0.39, 0.29) is 5.56 Å². The summed E-state index contributed by atoms with van der Waals surface area (Å²) in [7, 11) is 0. The molecule has 1 amide bonds. The number of amides is 1. The average Bonchev–Trinajstić information content (AvgIpc) is 2.91. The Kier molecular flexibility index (Phi) is 7.12. The van der Waals surface area contributed by atoms with E-state index in [1.165, 1.54) is 0 Å². The molecule has 6 nitrogen and oxygen atoms in total. The summed E-state index contributed by atoms with van der Waals surface area (Å²) in [4.78, 5) is 34.7. The summed E-state index contributed by atoms with van der Waals surface area (Å²) in [5, 5.41) is 3.35. The van der Waals surface area contributed by atoms with Crippen LogP contribution < -0.4 is 5.32 Å². The third kappa shape index (κ3) is 5.77. The standard InChI is InChI=1S/C29H19Cl2N3O3/c30-21-14-22(31)16-23(15-21)32-26(35)17-37-29(36)20-11-12-24-25(13-20)34-28(19-9-5-2-6-10-19)27(33-24)18-7-3-1-4-8-18/h1-16H,17H2,(H,32,35). The second-order valence-electron chi connectivity index (χ2n) is 8.14. The van der Waals surface area contributed by atoms with E-state index in [1.807, 2.05) is 60.7 Å². The molecule has 182 valence electrons. The van der Waals surface area contributed by atoms with Gasteiger partial charge in [0, 0.05) is 26.9 Å². The Morgan fingerprint density at radius 3 is 1.86 bits per heavy atom. The fraction of sp³-hybridized carbons (Fsp3) is 0.0345. The van der Waals surface area contributed by atoms with Gasteiger partial charge in [-0.1, -0.05) is 83.9 Å². The molecule has 0 saturated heterocycles. The molecule has 0 radical (unpaired) electrons. The first-order valence-corrected chi connectivity index (χ1v) is 12.1. The highest BCUT2D eigenvalue weighted by Crippen LogP contribution is 2.31. The number of rotatable bonds is 6. The van der Waals surface area contributed by atoms with Gasteiger partial charge in [0.05, 0.1) is 28.0 Å². The van der Waals surface area contributed by atoms with Crippen molar-refractivity contribution in [1.29, 1.82) is 0 Å². The molecule has 1 heterocycles. The maximum Gasteiger partial charge on any atom is 0.338 e. The van der Waals surface area contributed by atoms with Crippen LogP contribution in [-0.4, -0.2) is 28.5 Å². The highest BCUT2D eigenvalue weighted by Gasteiger charge is 2.16. The molecule has 1 aromatic heterocycles. The minimum Gasteiger partial charge on any atom is -0.452 e. The van der Waals surface area contributed by atoms with E-state index in [1.54, 1.807) is 36.4 Å². The summed E-state index contributed by atoms with van der Waals surface area (Å²) < 4.78 is 5.21. The van der Waals surface area contributed by atoms with Crippen molar-refractivity contribution >= 4 is 51.8 Å². The Hall–Kier alpha value is -4.26. The van der Waals surface area contributed by atoms with E-state index in [9.17, 15) is 9.59 Å². The third-order valence-electron chi connectivity index (χ3n) is 5.48. The first-order valence-electron chi connectivity index (χ1n) is 11.3. The van der Waals surface area contributed by atoms with Crippen molar-refractivity contribution in [1.82, 2.24) is 9.97 Å². The van der Waals surface area contributed by atoms with Crippen molar-refractivity contribution in [2.24, 2.45) is 0 Å². The van der Waals surface area contributed by atoms with E-state index < -0.39 is 18.5 Å². The normalized spacial score (nSPS) is 10.8. The van der Waals surface area contributed by atoms with Gasteiger partial charge in [-0.2, -0.15) is 0 Å². The van der Waals surface area contributed by atoms with Crippen LogP contribution in [0.2, 0.25) is 10.0 Å². The lowest BCUT2D eigenvalue weighted by atomic mass is 10.0. The van der Waals surface area contributed by atoms with Crippen molar-refractivity contribution in [3.8, 4) is 22.5 Å². The van der Waals surface area contributed by atoms with Crippen LogP contribution in [0.5, 0.6) is 0 Å². The molecule has 0 aliphatic rings. The molecule has 8 heteroatoms. The van der Waals surface area contributed by atoms with Gasteiger partial charge in [-0.3, -0.25) is 4.79 Å². The smallest absolute Gasteiger partial charge is 0.338 e. The summed E-state index contributed by atoms with van der Waals surface area (Å²) in [6, 6.07) is 29.1. The topological polar surface area (TPSA) is 81.2 Å². The minimum absolute atomic E-state index is 0.256. The van der Waals surface area contributed by atoms with Gasteiger partial charge in [0.1, 0.15) is 0 Å². The first kappa shape index (κ1) is 24.4. The van der Waals surface area contributed by atoms with Crippen LogP contribution in [-0.2, 0) is 9.53 Å². The number of aromatic nitrogens is 2. The zero-order chi connectivity index (χ0) is 25.8. The number of fused-ring (bicyclic) bond motifs is 1. The summed E-state index contributed by atoms with van der Waals surface area (Å²) in [5.74, 6) is -1.18. The molecule has 0 unspecified atom stereocenters. The molecule has 37 heavy (non-hydrogen) atoms. The average molecular weight is 528 g/mol. The fourth-order valence-corrected chi connectivity index (χ4v) is 4.34. The molecular weight excluding hydrogens is 509 g/mol. The summed E-state index contributed by atoms with van der Waals surface area (Å²) in [5.41, 5.74) is 5.11. The molecule has 0 saturated carbocycles. The van der Waals surface area contributed by atoms with Crippen LogP contribution in [0.1, 0.15) is 10.4 Å². The second-order valence-corrected chi connectivity index (χ2v) is 9.01. The molecule has 4 aromatic carbocycles. The van der Waals surface area contributed by atoms with Crippen LogP contribution in [0.3, 0.4) is 0 Å². The summed E-state index contributed by atoms with van der Waals surface area (Å²) >= 11 is 11.9. The van der Waals surface area contributed by atoms with Gasteiger partial charge >= 0.3 is 5.97 Å². The lowest BCUT2D eigenvalue weighted by Crippen LogP contribution is -2.21. The van der Waals surface area contributed by atoms with Crippen LogP contribution in [0.15, 0.2) is 97.1 Å². The van der Waals surface area contributed by atoms with Crippen LogP contribution in [0, 0.1) is 0 Å².